The van der Waals surface area contributed by atoms with E-state index < -0.39 is 6.10 Å². The first-order valence-corrected chi connectivity index (χ1v) is 6.93. The summed E-state index contributed by atoms with van der Waals surface area (Å²) >= 11 is 0. The summed E-state index contributed by atoms with van der Waals surface area (Å²) in [5, 5.41) is 23.4. The number of phenolic OH excluding ortho intramolecular Hbond substituents is 1. The van der Waals surface area contributed by atoms with Crippen LogP contribution in [0.25, 0.3) is 0 Å². The first-order valence-electron chi connectivity index (χ1n) is 6.93. The molecule has 100 valence electrons. The Balaban J connectivity index is 2.02. The van der Waals surface area contributed by atoms with Crippen molar-refractivity contribution < 1.29 is 10.2 Å². The topological polar surface area (TPSA) is 52.5 Å². The van der Waals surface area contributed by atoms with Crippen molar-refractivity contribution >= 4 is 0 Å². The highest BCUT2D eigenvalue weighted by Gasteiger charge is 2.27. The van der Waals surface area contributed by atoms with Crippen LogP contribution in [0.15, 0.2) is 24.3 Å². The number of aliphatic hydroxyl groups excluding tert-OH is 1. The van der Waals surface area contributed by atoms with E-state index in [9.17, 15) is 10.2 Å². The van der Waals surface area contributed by atoms with E-state index in [0.29, 0.717) is 6.04 Å². The molecular weight excluding hydrogens is 226 g/mol. The number of hydrogen-bond donors (Lipinski definition) is 3. The van der Waals surface area contributed by atoms with Crippen LogP contribution < -0.4 is 5.32 Å². The van der Waals surface area contributed by atoms with Gasteiger partial charge < -0.3 is 15.5 Å². The molecule has 1 saturated heterocycles. The van der Waals surface area contributed by atoms with Gasteiger partial charge in [-0.15, -0.1) is 0 Å². The Kier molecular flexibility index (Phi) is 4.61. The van der Waals surface area contributed by atoms with E-state index >= 15 is 0 Å². The maximum Gasteiger partial charge on any atom is 0.115 e. The lowest BCUT2D eigenvalue weighted by molar-refractivity contribution is 0.0996. The molecule has 0 saturated carbocycles. The van der Waals surface area contributed by atoms with Crippen LogP contribution >= 0.6 is 0 Å². The first kappa shape index (κ1) is 13.4. The van der Waals surface area contributed by atoms with E-state index in [-0.39, 0.29) is 11.8 Å². The Morgan fingerprint density at radius 2 is 2.22 bits per heavy atom. The summed E-state index contributed by atoms with van der Waals surface area (Å²) in [4.78, 5) is 0. The molecule has 3 heteroatoms. The summed E-state index contributed by atoms with van der Waals surface area (Å²) in [5.74, 6) is 0.215. The molecule has 2 rings (SSSR count). The van der Waals surface area contributed by atoms with Crippen molar-refractivity contribution in [1.29, 1.82) is 0 Å². The minimum atomic E-state index is -0.531. The van der Waals surface area contributed by atoms with Gasteiger partial charge in [0.15, 0.2) is 0 Å². The number of piperidine rings is 1. The molecule has 0 bridgehead atoms. The standard InChI is InChI=1S/C15H23NO2/c1-2-5-12-7-4-9-14(16-12)15(18)11-6-3-8-13(17)10-11/h3,6,8,10,12,14-18H,2,4-5,7,9H2,1H3/t12-,14+,15-/m0/s1. The number of benzene rings is 1. The van der Waals surface area contributed by atoms with Crippen LogP contribution in [0.4, 0.5) is 0 Å². The van der Waals surface area contributed by atoms with Crippen LogP contribution in [-0.4, -0.2) is 22.3 Å². The molecule has 1 aliphatic rings. The highest BCUT2D eigenvalue weighted by molar-refractivity contribution is 5.29. The Morgan fingerprint density at radius 1 is 1.39 bits per heavy atom. The zero-order chi connectivity index (χ0) is 13.0. The van der Waals surface area contributed by atoms with Gasteiger partial charge in [0, 0.05) is 12.1 Å². The molecule has 3 atom stereocenters. The van der Waals surface area contributed by atoms with Crippen LogP contribution in [-0.2, 0) is 0 Å². The number of nitrogens with one attached hydrogen (secondary N) is 1. The number of phenols is 1. The molecule has 18 heavy (non-hydrogen) atoms. The molecule has 1 fully saturated rings. The van der Waals surface area contributed by atoms with Crippen molar-refractivity contribution in [1.82, 2.24) is 5.32 Å². The fourth-order valence-corrected chi connectivity index (χ4v) is 2.82. The first-order chi connectivity index (χ1) is 8.70. The third-order valence-electron chi connectivity index (χ3n) is 3.75. The molecule has 3 nitrogen and oxygen atoms in total. The summed E-state index contributed by atoms with van der Waals surface area (Å²) in [6, 6.07) is 7.56. The van der Waals surface area contributed by atoms with Crippen molar-refractivity contribution in [3.05, 3.63) is 29.8 Å². The Bertz CT molecular complexity index is 379. The highest BCUT2D eigenvalue weighted by atomic mass is 16.3. The van der Waals surface area contributed by atoms with Gasteiger partial charge in [-0.25, -0.2) is 0 Å². The SMILES string of the molecule is CCC[C@H]1CCC[C@H]([C@@H](O)c2cccc(O)c2)N1. The molecule has 1 heterocycles. The summed E-state index contributed by atoms with van der Waals surface area (Å²) < 4.78 is 0. The molecule has 0 aromatic heterocycles. The Morgan fingerprint density at radius 3 is 2.94 bits per heavy atom. The Labute approximate surface area is 109 Å². The minimum Gasteiger partial charge on any atom is -0.508 e. The van der Waals surface area contributed by atoms with E-state index in [1.807, 2.05) is 6.07 Å². The van der Waals surface area contributed by atoms with E-state index in [0.717, 1.165) is 18.4 Å². The van der Waals surface area contributed by atoms with Gasteiger partial charge in [-0.05, 0) is 37.0 Å². The summed E-state index contributed by atoms with van der Waals surface area (Å²) in [6.45, 7) is 2.19. The largest absolute Gasteiger partial charge is 0.508 e. The van der Waals surface area contributed by atoms with Gasteiger partial charge in [0.2, 0.25) is 0 Å². The molecule has 1 aromatic carbocycles. The third-order valence-corrected chi connectivity index (χ3v) is 3.75. The second-order valence-electron chi connectivity index (χ2n) is 5.23. The average molecular weight is 249 g/mol. The van der Waals surface area contributed by atoms with Gasteiger partial charge in [-0.3, -0.25) is 0 Å². The fourth-order valence-electron chi connectivity index (χ4n) is 2.82. The summed E-state index contributed by atoms with van der Waals surface area (Å²) in [6.07, 6.45) is 5.18. The van der Waals surface area contributed by atoms with Gasteiger partial charge in [0.25, 0.3) is 0 Å². The van der Waals surface area contributed by atoms with Crippen LogP contribution in [0.5, 0.6) is 5.75 Å². The lowest BCUT2D eigenvalue weighted by atomic mass is 9.90. The fraction of sp³-hybridized carbons (Fsp3) is 0.600. The van der Waals surface area contributed by atoms with Crippen molar-refractivity contribution in [2.75, 3.05) is 0 Å². The second-order valence-corrected chi connectivity index (χ2v) is 5.23. The van der Waals surface area contributed by atoms with Crippen LogP contribution in [0.1, 0.15) is 50.7 Å². The van der Waals surface area contributed by atoms with Crippen molar-refractivity contribution in [2.45, 2.75) is 57.2 Å². The van der Waals surface area contributed by atoms with Crippen molar-refractivity contribution in [3.8, 4) is 5.75 Å². The molecule has 0 amide bonds. The smallest absolute Gasteiger partial charge is 0.115 e. The zero-order valence-corrected chi connectivity index (χ0v) is 11.0. The van der Waals surface area contributed by atoms with E-state index in [4.69, 9.17) is 0 Å². The molecular formula is C15H23NO2. The minimum absolute atomic E-state index is 0.108. The quantitative estimate of drug-likeness (QED) is 0.769. The number of hydrogen-bond acceptors (Lipinski definition) is 3. The predicted octanol–water partition coefficient (Wildman–Crippen LogP) is 2.74. The van der Waals surface area contributed by atoms with Crippen molar-refractivity contribution in [3.63, 3.8) is 0 Å². The molecule has 0 unspecified atom stereocenters. The molecule has 0 spiro atoms. The lowest BCUT2D eigenvalue weighted by Crippen LogP contribution is -2.45. The zero-order valence-electron chi connectivity index (χ0n) is 11.0. The van der Waals surface area contributed by atoms with E-state index in [1.54, 1.807) is 18.2 Å². The maximum absolute atomic E-state index is 10.4. The maximum atomic E-state index is 10.4. The number of aromatic hydroxyl groups is 1. The van der Waals surface area contributed by atoms with Crippen LogP contribution in [0.3, 0.4) is 0 Å². The van der Waals surface area contributed by atoms with Gasteiger partial charge in [-0.2, -0.15) is 0 Å². The monoisotopic (exact) mass is 249 g/mol. The predicted molar refractivity (Wildman–Crippen MR) is 72.5 cm³/mol. The lowest BCUT2D eigenvalue weighted by Gasteiger charge is -2.34. The number of aliphatic hydroxyl groups is 1. The molecule has 3 N–H and O–H groups in total. The van der Waals surface area contributed by atoms with E-state index in [2.05, 4.69) is 12.2 Å². The molecule has 1 aliphatic heterocycles. The average Bonchev–Trinajstić information content (AvgIpc) is 2.39. The normalized spacial score (nSPS) is 25.9. The van der Waals surface area contributed by atoms with Crippen LogP contribution in [0.2, 0.25) is 0 Å². The highest BCUT2D eigenvalue weighted by Crippen LogP contribution is 2.27. The molecule has 1 aromatic rings. The van der Waals surface area contributed by atoms with Crippen molar-refractivity contribution in [2.24, 2.45) is 0 Å². The third kappa shape index (κ3) is 3.24. The van der Waals surface area contributed by atoms with E-state index in [1.165, 1.54) is 19.3 Å². The second kappa shape index (κ2) is 6.21. The van der Waals surface area contributed by atoms with Crippen LogP contribution in [0, 0.1) is 0 Å². The van der Waals surface area contributed by atoms with Gasteiger partial charge >= 0.3 is 0 Å². The van der Waals surface area contributed by atoms with Gasteiger partial charge in [-0.1, -0.05) is 31.9 Å². The molecule has 0 aliphatic carbocycles. The summed E-state index contributed by atoms with van der Waals surface area (Å²) in [7, 11) is 0. The molecule has 0 radical (unpaired) electrons. The van der Waals surface area contributed by atoms with Gasteiger partial charge in [0.1, 0.15) is 5.75 Å². The number of rotatable bonds is 4. The Hall–Kier alpha value is -1.06. The van der Waals surface area contributed by atoms with Gasteiger partial charge in [0.05, 0.1) is 6.10 Å². The summed E-state index contributed by atoms with van der Waals surface area (Å²) in [5.41, 5.74) is 0.796.